The number of amides is 1. The van der Waals surface area contributed by atoms with Crippen LogP contribution in [0.25, 0.3) is 0 Å². The van der Waals surface area contributed by atoms with Crippen LogP contribution in [0.3, 0.4) is 0 Å². The number of hydrogen-bond donors (Lipinski definition) is 2. The summed E-state index contributed by atoms with van der Waals surface area (Å²) >= 11 is 0. The zero-order valence-corrected chi connectivity index (χ0v) is 8.42. The number of primary amides is 1. The summed E-state index contributed by atoms with van der Waals surface area (Å²) in [6, 6.07) is -0.159. The van der Waals surface area contributed by atoms with Crippen LogP contribution in [0.1, 0.15) is 20.3 Å². The number of rotatable bonds is 3. The molecule has 0 aromatic rings. The van der Waals surface area contributed by atoms with Crippen molar-refractivity contribution in [3.63, 3.8) is 0 Å². The molecular weight excluding hydrogens is 166 g/mol. The lowest BCUT2D eigenvalue weighted by Gasteiger charge is -2.25. The van der Waals surface area contributed by atoms with Gasteiger partial charge in [0.2, 0.25) is 5.91 Å². The Morgan fingerprint density at radius 3 is 2.69 bits per heavy atom. The summed E-state index contributed by atoms with van der Waals surface area (Å²) < 4.78 is 0. The van der Waals surface area contributed by atoms with E-state index in [2.05, 4.69) is 11.8 Å². The predicted octanol–water partition coefficient (Wildman–Crippen LogP) is -0.469. The summed E-state index contributed by atoms with van der Waals surface area (Å²) in [5.41, 5.74) is 11.1. The maximum Gasteiger partial charge on any atom is 0.234 e. The topological polar surface area (TPSA) is 72.4 Å². The molecule has 4 nitrogen and oxygen atoms in total. The first-order chi connectivity index (χ1) is 5.98. The fraction of sp³-hybridized carbons (Fsp3) is 0.889. The van der Waals surface area contributed by atoms with Gasteiger partial charge in [-0.15, -0.1) is 0 Å². The van der Waals surface area contributed by atoms with E-state index in [1.165, 1.54) is 0 Å². The lowest BCUT2D eigenvalue weighted by molar-refractivity contribution is -0.122. The van der Waals surface area contributed by atoms with Crippen LogP contribution < -0.4 is 11.5 Å². The SMILES string of the molecule is CC(C(N)=O)N1CCC(C)(CN)C1. The lowest BCUT2D eigenvalue weighted by Crippen LogP contribution is -2.43. The van der Waals surface area contributed by atoms with Crippen LogP contribution in [-0.2, 0) is 4.79 Å². The summed E-state index contributed by atoms with van der Waals surface area (Å²) in [5.74, 6) is -0.249. The molecule has 76 valence electrons. The van der Waals surface area contributed by atoms with Gasteiger partial charge in [-0.1, -0.05) is 6.92 Å². The van der Waals surface area contributed by atoms with Gasteiger partial charge < -0.3 is 11.5 Å². The zero-order valence-electron chi connectivity index (χ0n) is 8.42. The van der Waals surface area contributed by atoms with Crippen molar-refractivity contribution in [2.24, 2.45) is 16.9 Å². The van der Waals surface area contributed by atoms with E-state index in [1.54, 1.807) is 0 Å². The number of nitrogens with zero attached hydrogens (tertiary/aromatic N) is 1. The van der Waals surface area contributed by atoms with Gasteiger partial charge in [-0.05, 0) is 31.8 Å². The molecule has 2 unspecified atom stereocenters. The molecule has 0 spiro atoms. The maximum atomic E-state index is 10.9. The average molecular weight is 185 g/mol. The molecule has 0 radical (unpaired) electrons. The summed E-state index contributed by atoms with van der Waals surface area (Å²) in [7, 11) is 0. The van der Waals surface area contributed by atoms with Gasteiger partial charge >= 0.3 is 0 Å². The summed E-state index contributed by atoms with van der Waals surface area (Å²) in [4.78, 5) is 13.0. The molecular formula is C9H19N3O. The van der Waals surface area contributed by atoms with Crippen molar-refractivity contribution < 1.29 is 4.79 Å². The van der Waals surface area contributed by atoms with Crippen molar-refractivity contribution in [3.8, 4) is 0 Å². The molecule has 0 saturated carbocycles. The molecule has 1 fully saturated rings. The summed E-state index contributed by atoms with van der Waals surface area (Å²) in [5, 5.41) is 0. The Labute approximate surface area is 79.3 Å². The van der Waals surface area contributed by atoms with Crippen LogP contribution in [-0.4, -0.2) is 36.5 Å². The first kappa shape index (κ1) is 10.5. The van der Waals surface area contributed by atoms with Gasteiger partial charge in [0, 0.05) is 6.54 Å². The second kappa shape index (κ2) is 3.64. The largest absolute Gasteiger partial charge is 0.368 e. The lowest BCUT2D eigenvalue weighted by atomic mass is 9.90. The first-order valence-electron chi connectivity index (χ1n) is 4.72. The van der Waals surface area contributed by atoms with Crippen LogP contribution in [0.5, 0.6) is 0 Å². The van der Waals surface area contributed by atoms with E-state index in [1.807, 2.05) is 6.92 Å². The van der Waals surface area contributed by atoms with Gasteiger partial charge in [-0.2, -0.15) is 0 Å². The van der Waals surface area contributed by atoms with E-state index < -0.39 is 0 Å². The summed E-state index contributed by atoms with van der Waals surface area (Å²) in [6.45, 7) is 6.49. The molecule has 4 heteroatoms. The molecule has 1 saturated heterocycles. The van der Waals surface area contributed by atoms with E-state index in [-0.39, 0.29) is 17.4 Å². The third-order valence-electron chi connectivity index (χ3n) is 3.04. The smallest absolute Gasteiger partial charge is 0.234 e. The third-order valence-corrected chi connectivity index (χ3v) is 3.04. The van der Waals surface area contributed by atoms with E-state index in [4.69, 9.17) is 11.5 Å². The first-order valence-corrected chi connectivity index (χ1v) is 4.72. The molecule has 2 atom stereocenters. The Kier molecular flexibility index (Phi) is 2.93. The maximum absolute atomic E-state index is 10.9. The quantitative estimate of drug-likeness (QED) is 0.624. The monoisotopic (exact) mass is 185 g/mol. The second-order valence-corrected chi connectivity index (χ2v) is 4.31. The number of carbonyl (C=O) groups is 1. The van der Waals surface area contributed by atoms with Gasteiger partial charge in [-0.3, -0.25) is 9.69 Å². The molecule has 13 heavy (non-hydrogen) atoms. The van der Waals surface area contributed by atoms with Crippen molar-refractivity contribution in [1.82, 2.24) is 4.90 Å². The normalized spacial score (nSPS) is 31.9. The van der Waals surface area contributed by atoms with Crippen molar-refractivity contribution in [1.29, 1.82) is 0 Å². The average Bonchev–Trinajstić information content (AvgIpc) is 2.47. The Bertz CT molecular complexity index is 207. The van der Waals surface area contributed by atoms with E-state index in [0.29, 0.717) is 6.54 Å². The Morgan fingerprint density at radius 1 is 1.69 bits per heavy atom. The molecule has 1 heterocycles. The molecule has 0 aromatic carbocycles. The zero-order chi connectivity index (χ0) is 10.1. The Balaban J connectivity index is 2.54. The van der Waals surface area contributed by atoms with E-state index >= 15 is 0 Å². The highest BCUT2D eigenvalue weighted by atomic mass is 16.1. The molecule has 1 aliphatic heterocycles. The number of carbonyl (C=O) groups excluding carboxylic acids is 1. The van der Waals surface area contributed by atoms with Gasteiger partial charge in [0.05, 0.1) is 6.04 Å². The van der Waals surface area contributed by atoms with Crippen molar-refractivity contribution in [3.05, 3.63) is 0 Å². The Morgan fingerprint density at radius 2 is 2.31 bits per heavy atom. The third kappa shape index (κ3) is 2.19. The second-order valence-electron chi connectivity index (χ2n) is 4.31. The van der Waals surface area contributed by atoms with E-state index in [9.17, 15) is 4.79 Å². The minimum Gasteiger partial charge on any atom is -0.368 e. The molecule has 0 aromatic heterocycles. The number of likely N-dealkylation sites (tertiary alicyclic amines) is 1. The van der Waals surface area contributed by atoms with Gasteiger partial charge in [-0.25, -0.2) is 0 Å². The molecule has 0 bridgehead atoms. The molecule has 1 aliphatic rings. The van der Waals surface area contributed by atoms with Crippen LogP contribution in [0.4, 0.5) is 0 Å². The van der Waals surface area contributed by atoms with E-state index in [0.717, 1.165) is 19.5 Å². The van der Waals surface area contributed by atoms with Crippen molar-refractivity contribution >= 4 is 5.91 Å². The number of nitrogens with two attached hydrogens (primary N) is 2. The molecule has 0 aliphatic carbocycles. The van der Waals surface area contributed by atoms with Gasteiger partial charge in [0.25, 0.3) is 0 Å². The highest BCUT2D eigenvalue weighted by Crippen LogP contribution is 2.29. The molecule has 1 rings (SSSR count). The standard InChI is InChI=1S/C9H19N3O/c1-7(8(11)13)12-4-3-9(2,5-10)6-12/h7H,3-6,10H2,1-2H3,(H2,11,13). The highest BCUT2D eigenvalue weighted by molar-refractivity contribution is 5.79. The van der Waals surface area contributed by atoms with Crippen molar-refractivity contribution in [2.75, 3.05) is 19.6 Å². The van der Waals surface area contributed by atoms with Crippen LogP contribution in [0.2, 0.25) is 0 Å². The number of hydrogen-bond acceptors (Lipinski definition) is 3. The van der Waals surface area contributed by atoms with Gasteiger partial charge in [0.15, 0.2) is 0 Å². The minimum atomic E-state index is -0.249. The summed E-state index contributed by atoms with van der Waals surface area (Å²) in [6.07, 6.45) is 1.06. The van der Waals surface area contributed by atoms with Crippen LogP contribution in [0, 0.1) is 5.41 Å². The fourth-order valence-electron chi connectivity index (χ4n) is 1.74. The van der Waals surface area contributed by atoms with Gasteiger partial charge in [0.1, 0.15) is 0 Å². The molecule has 1 amide bonds. The predicted molar refractivity (Wildman–Crippen MR) is 52.0 cm³/mol. The Hall–Kier alpha value is -0.610. The van der Waals surface area contributed by atoms with Crippen LogP contribution >= 0.6 is 0 Å². The molecule has 4 N–H and O–H groups in total. The highest BCUT2D eigenvalue weighted by Gasteiger charge is 2.35. The van der Waals surface area contributed by atoms with Crippen LogP contribution in [0.15, 0.2) is 0 Å². The van der Waals surface area contributed by atoms with Crippen molar-refractivity contribution in [2.45, 2.75) is 26.3 Å². The fourth-order valence-corrected chi connectivity index (χ4v) is 1.74. The minimum absolute atomic E-state index is 0.159.